The summed E-state index contributed by atoms with van der Waals surface area (Å²) in [5.74, 6) is 0.277. The third kappa shape index (κ3) is 5.87. The first-order valence-corrected chi connectivity index (χ1v) is 9.36. The summed E-state index contributed by atoms with van der Waals surface area (Å²) in [6.07, 6.45) is 1.02. The fourth-order valence-corrected chi connectivity index (χ4v) is 2.69. The number of benzene rings is 2. The number of para-hydroxylation sites is 1. The minimum Gasteiger partial charge on any atom is -0.462 e. The summed E-state index contributed by atoms with van der Waals surface area (Å²) < 4.78 is 5.06. The van der Waals surface area contributed by atoms with Crippen molar-refractivity contribution < 1.29 is 14.3 Å². The van der Waals surface area contributed by atoms with Crippen LogP contribution in [0.1, 0.15) is 29.3 Å². The van der Waals surface area contributed by atoms with Crippen molar-refractivity contribution in [2.45, 2.75) is 19.8 Å². The van der Waals surface area contributed by atoms with Crippen LogP contribution in [-0.2, 0) is 16.0 Å². The summed E-state index contributed by atoms with van der Waals surface area (Å²) in [6, 6.07) is 20.2. The van der Waals surface area contributed by atoms with Gasteiger partial charge in [0.2, 0.25) is 5.91 Å². The predicted octanol–water partition coefficient (Wildman–Crippen LogP) is 3.97. The van der Waals surface area contributed by atoms with Crippen LogP contribution in [0.5, 0.6) is 0 Å². The minimum absolute atomic E-state index is 0.128. The van der Waals surface area contributed by atoms with Crippen molar-refractivity contribution in [3.8, 4) is 0 Å². The van der Waals surface area contributed by atoms with Gasteiger partial charge in [0.15, 0.2) is 11.6 Å². The molecule has 0 atom stereocenters. The predicted molar refractivity (Wildman–Crippen MR) is 111 cm³/mol. The molecule has 0 saturated carbocycles. The first-order chi connectivity index (χ1) is 14.2. The average Bonchev–Trinajstić information content (AvgIpc) is 2.75. The number of nitrogens with zero attached hydrogens (tertiary/aromatic N) is 2. The van der Waals surface area contributed by atoms with Gasteiger partial charge in [-0.2, -0.15) is 0 Å². The number of esters is 1. The van der Waals surface area contributed by atoms with Crippen molar-refractivity contribution in [1.82, 2.24) is 10.2 Å². The normalized spacial score (nSPS) is 10.2. The summed E-state index contributed by atoms with van der Waals surface area (Å²) in [7, 11) is 0. The highest BCUT2D eigenvalue weighted by Gasteiger charge is 2.12. The van der Waals surface area contributed by atoms with Crippen LogP contribution in [0.4, 0.5) is 17.3 Å². The van der Waals surface area contributed by atoms with Crippen molar-refractivity contribution in [3.05, 3.63) is 77.9 Å². The van der Waals surface area contributed by atoms with E-state index in [4.69, 9.17) is 4.74 Å². The third-order valence-electron chi connectivity index (χ3n) is 4.10. The van der Waals surface area contributed by atoms with Gasteiger partial charge in [0.1, 0.15) is 0 Å². The molecule has 7 heteroatoms. The lowest BCUT2D eigenvalue weighted by atomic mass is 10.1. The standard InChI is InChI=1S/C22H22N4O3/c1-2-29-22(28)17-10-6-7-11-18(17)23-19-13-14-20(26-25-19)24-21(27)15-12-16-8-4-3-5-9-16/h3-11,13-14H,2,12,15H2,1H3,(H,23,25)(H,24,26,27). The van der Waals surface area contributed by atoms with Crippen molar-refractivity contribution in [2.24, 2.45) is 0 Å². The fourth-order valence-electron chi connectivity index (χ4n) is 2.69. The van der Waals surface area contributed by atoms with E-state index >= 15 is 0 Å². The van der Waals surface area contributed by atoms with Crippen molar-refractivity contribution in [3.63, 3.8) is 0 Å². The van der Waals surface area contributed by atoms with Crippen molar-refractivity contribution in [1.29, 1.82) is 0 Å². The van der Waals surface area contributed by atoms with E-state index in [1.54, 1.807) is 43.3 Å². The summed E-state index contributed by atoms with van der Waals surface area (Å²) in [4.78, 5) is 24.1. The van der Waals surface area contributed by atoms with E-state index in [0.717, 1.165) is 5.56 Å². The molecular weight excluding hydrogens is 368 g/mol. The Labute approximate surface area is 169 Å². The molecule has 2 N–H and O–H groups in total. The van der Waals surface area contributed by atoms with E-state index in [0.29, 0.717) is 42.3 Å². The maximum Gasteiger partial charge on any atom is 0.340 e. The Kier molecular flexibility index (Phi) is 6.89. The average molecular weight is 390 g/mol. The molecule has 7 nitrogen and oxygen atoms in total. The summed E-state index contributed by atoms with van der Waals surface area (Å²) in [6.45, 7) is 2.05. The van der Waals surface area contributed by atoms with Gasteiger partial charge < -0.3 is 15.4 Å². The van der Waals surface area contributed by atoms with E-state index in [9.17, 15) is 9.59 Å². The highest BCUT2D eigenvalue weighted by atomic mass is 16.5. The van der Waals surface area contributed by atoms with Crippen molar-refractivity contribution >= 4 is 29.2 Å². The van der Waals surface area contributed by atoms with Crippen molar-refractivity contribution in [2.75, 3.05) is 17.2 Å². The molecule has 29 heavy (non-hydrogen) atoms. The molecule has 0 saturated heterocycles. The van der Waals surface area contributed by atoms with Gasteiger partial charge in [-0.3, -0.25) is 4.79 Å². The molecule has 0 bridgehead atoms. The fraction of sp³-hybridized carbons (Fsp3) is 0.182. The van der Waals surface area contributed by atoms with E-state index in [2.05, 4.69) is 20.8 Å². The quantitative estimate of drug-likeness (QED) is 0.566. The monoisotopic (exact) mass is 390 g/mol. The summed E-state index contributed by atoms with van der Waals surface area (Å²) in [5, 5.41) is 13.9. The van der Waals surface area contributed by atoms with E-state index in [1.807, 2.05) is 30.3 Å². The number of rotatable bonds is 8. The highest BCUT2D eigenvalue weighted by molar-refractivity contribution is 5.96. The van der Waals surface area contributed by atoms with Gasteiger partial charge in [-0.05, 0) is 43.2 Å². The first-order valence-electron chi connectivity index (χ1n) is 9.36. The number of ether oxygens (including phenoxy) is 1. The van der Waals surface area contributed by atoms with Gasteiger partial charge in [0.05, 0.1) is 17.9 Å². The summed E-state index contributed by atoms with van der Waals surface area (Å²) in [5.41, 5.74) is 2.09. The second kappa shape index (κ2) is 9.98. The molecule has 0 aliphatic rings. The number of carbonyl (C=O) groups excluding carboxylic acids is 2. The topological polar surface area (TPSA) is 93.2 Å². The smallest absolute Gasteiger partial charge is 0.340 e. The molecule has 0 fully saturated rings. The van der Waals surface area contributed by atoms with Crippen LogP contribution in [0.15, 0.2) is 66.7 Å². The largest absolute Gasteiger partial charge is 0.462 e. The zero-order chi connectivity index (χ0) is 20.5. The molecule has 3 rings (SSSR count). The lowest BCUT2D eigenvalue weighted by Gasteiger charge is -2.10. The van der Waals surface area contributed by atoms with Crippen LogP contribution in [-0.4, -0.2) is 28.7 Å². The van der Waals surface area contributed by atoms with Gasteiger partial charge >= 0.3 is 5.97 Å². The van der Waals surface area contributed by atoms with Crippen LogP contribution >= 0.6 is 0 Å². The molecule has 1 heterocycles. The molecule has 1 aromatic heterocycles. The number of amides is 1. The van der Waals surface area contributed by atoms with Gasteiger partial charge in [-0.15, -0.1) is 10.2 Å². The van der Waals surface area contributed by atoms with E-state index in [-0.39, 0.29) is 5.91 Å². The van der Waals surface area contributed by atoms with Crippen LogP contribution < -0.4 is 10.6 Å². The Morgan fingerprint density at radius 1 is 0.897 bits per heavy atom. The lowest BCUT2D eigenvalue weighted by molar-refractivity contribution is -0.116. The van der Waals surface area contributed by atoms with Crippen LogP contribution in [0.25, 0.3) is 0 Å². The van der Waals surface area contributed by atoms with Gasteiger partial charge in [-0.25, -0.2) is 4.79 Å². The molecule has 0 aliphatic heterocycles. The second-order valence-electron chi connectivity index (χ2n) is 6.23. The Balaban J connectivity index is 1.58. The SMILES string of the molecule is CCOC(=O)c1ccccc1Nc1ccc(NC(=O)CCc2ccccc2)nn1. The molecule has 0 unspecified atom stereocenters. The van der Waals surface area contributed by atoms with E-state index in [1.165, 1.54) is 0 Å². The number of hydrogen-bond acceptors (Lipinski definition) is 6. The number of carbonyl (C=O) groups is 2. The number of aryl methyl sites for hydroxylation is 1. The number of nitrogens with one attached hydrogen (secondary N) is 2. The van der Waals surface area contributed by atoms with Gasteiger partial charge in [0, 0.05) is 6.42 Å². The third-order valence-corrected chi connectivity index (χ3v) is 4.10. The molecule has 0 aliphatic carbocycles. The summed E-state index contributed by atoms with van der Waals surface area (Å²) >= 11 is 0. The van der Waals surface area contributed by atoms with Crippen LogP contribution in [0.3, 0.4) is 0 Å². The van der Waals surface area contributed by atoms with Crippen LogP contribution in [0.2, 0.25) is 0 Å². The minimum atomic E-state index is -0.411. The first kappa shape index (κ1) is 20.0. The molecular formula is C22H22N4O3. The lowest BCUT2D eigenvalue weighted by Crippen LogP contribution is -2.14. The van der Waals surface area contributed by atoms with Gasteiger partial charge in [0.25, 0.3) is 0 Å². The molecule has 148 valence electrons. The van der Waals surface area contributed by atoms with E-state index < -0.39 is 5.97 Å². The molecule has 3 aromatic rings. The highest BCUT2D eigenvalue weighted by Crippen LogP contribution is 2.20. The Morgan fingerprint density at radius 2 is 1.59 bits per heavy atom. The van der Waals surface area contributed by atoms with Crippen LogP contribution in [0, 0.1) is 0 Å². The second-order valence-corrected chi connectivity index (χ2v) is 6.23. The molecule has 0 radical (unpaired) electrons. The zero-order valence-corrected chi connectivity index (χ0v) is 16.1. The van der Waals surface area contributed by atoms with Gasteiger partial charge in [-0.1, -0.05) is 42.5 Å². The number of aromatic nitrogens is 2. The Hall–Kier alpha value is -3.74. The molecule has 1 amide bonds. The number of hydrogen-bond donors (Lipinski definition) is 2. The number of anilines is 3. The molecule has 2 aromatic carbocycles. The maximum atomic E-state index is 12.1. The maximum absolute atomic E-state index is 12.1. The Morgan fingerprint density at radius 3 is 2.31 bits per heavy atom. The zero-order valence-electron chi connectivity index (χ0n) is 16.1. The Bertz CT molecular complexity index is 959. The molecule has 0 spiro atoms.